The van der Waals surface area contributed by atoms with Crippen molar-refractivity contribution in [3.05, 3.63) is 0 Å². The lowest BCUT2D eigenvalue weighted by Crippen LogP contribution is -2.40. The number of hydrogen-bond donors (Lipinski definition) is 3. The van der Waals surface area contributed by atoms with E-state index in [1.54, 1.807) is 0 Å². The number of phosphoric ester groups is 1. The summed E-state index contributed by atoms with van der Waals surface area (Å²) >= 11 is 0. The highest BCUT2D eigenvalue weighted by Crippen LogP contribution is 2.43. The van der Waals surface area contributed by atoms with Crippen molar-refractivity contribution in [2.45, 2.75) is 204 Å². The number of carbonyl (C=O) groups is 2. The molecule has 0 saturated heterocycles. The van der Waals surface area contributed by atoms with Gasteiger partial charge in [0, 0.05) is 12.8 Å². The van der Waals surface area contributed by atoms with Crippen LogP contribution in [0.25, 0.3) is 0 Å². The first-order chi connectivity index (χ1) is 25.8. The van der Waals surface area contributed by atoms with Crippen LogP contribution in [0.3, 0.4) is 0 Å². The van der Waals surface area contributed by atoms with Gasteiger partial charge in [0.15, 0.2) is 0 Å². The van der Waals surface area contributed by atoms with E-state index < -0.39 is 27.1 Å². The summed E-state index contributed by atoms with van der Waals surface area (Å²) in [6.07, 6.45) is 20.8. The van der Waals surface area contributed by atoms with E-state index in [1.165, 1.54) is 81.9 Å². The molecule has 0 heterocycles. The van der Waals surface area contributed by atoms with Crippen molar-refractivity contribution in [1.82, 2.24) is 4.90 Å². The highest BCUT2D eigenvalue weighted by Gasteiger charge is 2.27. The summed E-state index contributed by atoms with van der Waals surface area (Å²) in [5, 5.41) is 18.4. The molecular formula is C45H90NO8P. The average molecular weight is 804 g/mol. The van der Waals surface area contributed by atoms with Gasteiger partial charge in [-0.1, -0.05) is 185 Å². The Kier molecular flexibility index (Phi) is 31.6. The van der Waals surface area contributed by atoms with Crippen LogP contribution in [0, 0.1) is 47.3 Å². The molecule has 3 N–H and O–H groups in total. The number of nitrogens with zero attached hydrogens (tertiary/aromatic N) is 1. The second-order valence-electron chi connectivity index (χ2n) is 18.8. The van der Waals surface area contributed by atoms with Crippen LogP contribution in [-0.4, -0.2) is 64.3 Å². The van der Waals surface area contributed by atoms with Crippen LogP contribution in [0.2, 0.25) is 0 Å². The first-order valence-electron chi connectivity index (χ1n) is 22.6. The Bertz CT molecular complexity index is 951. The Hall–Kier alpha value is -0.830. The number of rotatable bonds is 36. The fourth-order valence-electron chi connectivity index (χ4n) is 7.51. The molecule has 2 amide bonds. The maximum atomic E-state index is 13.6. The second kappa shape index (κ2) is 32.1. The zero-order chi connectivity index (χ0) is 41.8. The van der Waals surface area contributed by atoms with Crippen molar-refractivity contribution in [3.63, 3.8) is 0 Å². The van der Waals surface area contributed by atoms with Crippen LogP contribution < -0.4 is 0 Å². The Morgan fingerprint density at radius 3 is 1.15 bits per heavy atom. The van der Waals surface area contributed by atoms with E-state index in [-0.39, 0.29) is 49.6 Å². The van der Waals surface area contributed by atoms with Gasteiger partial charge in [0.1, 0.15) is 6.10 Å². The molecule has 8 atom stereocenters. The second-order valence-corrected chi connectivity index (χ2v) is 20.2. The molecule has 0 aliphatic carbocycles. The third kappa shape index (κ3) is 31.8. The highest BCUT2D eigenvalue weighted by molar-refractivity contribution is 7.47. The molecule has 0 rings (SSSR count). The molecule has 9 nitrogen and oxygen atoms in total. The van der Waals surface area contributed by atoms with E-state index in [4.69, 9.17) is 14.2 Å². The van der Waals surface area contributed by atoms with Crippen molar-refractivity contribution in [2.24, 2.45) is 47.3 Å². The maximum absolute atomic E-state index is 13.6. The van der Waals surface area contributed by atoms with Gasteiger partial charge >= 0.3 is 7.82 Å². The lowest BCUT2D eigenvalue weighted by atomic mass is 9.90. The van der Waals surface area contributed by atoms with Gasteiger partial charge in [-0.2, -0.15) is 0 Å². The monoisotopic (exact) mass is 804 g/mol. The zero-order valence-corrected chi connectivity index (χ0v) is 38.3. The first kappa shape index (κ1) is 54.2. The van der Waals surface area contributed by atoms with E-state index in [0.29, 0.717) is 11.8 Å². The summed E-state index contributed by atoms with van der Waals surface area (Å²) in [5.74, 6) is 4.06. The van der Waals surface area contributed by atoms with Crippen molar-refractivity contribution in [3.8, 4) is 0 Å². The lowest BCUT2D eigenvalue weighted by molar-refractivity contribution is -0.146. The molecule has 10 heteroatoms. The minimum atomic E-state index is -4.55. The van der Waals surface area contributed by atoms with E-state index in [1.807, 2.05) is 0 Å². The summed E-state index contributed by atoms with van der Waals surface area (Å²) in [6, 6.07) is 0. The topological polar surface area (TPSA) is 134 Å². The van der Waals surface area contributed by atoms with Crippen molar-refractivity contribution >= 4 is 19.6 Å². The standard InChI is InChI=1S/C45H90NO8P/c1-35(2)17-11-19-37(5)21-13-23-39(7)25-15-27-41(9)31-44(49)46(29-30-53-55(51,52)54-34-43(48)33-47)45(50)32-42(10)28-16-26-40(8)24-14-22-38(6)20-12-18-36(3)4/h35-43,47-48H,11-34H2,1-10H3,(H,51,52)/t37?,38?,39?,40?,41?,42?,43-/m1/s1. The summed E-state index contributed by atoms with van der Waals surface area (Å²) in [7, 11) is -4.55. The number of aliphatic hydroxyl groups excluding tert-OH is 2. The number of carbonyl (C=O) groups excluding carboxylic acids is 2. The van der Waals surface area contributed by atoms with Crippen LogP contribution in [0.5, 0.6) is 0 Å². The molecule has 0 aromatic heterocycles. The molecule has 7 unspecified atom stereocenters. The largest absolute Gasteiger partial charge is 0.472 e. The molecule has 0 radical (unpaired) electrons. The molecule has 0 aliphatic heterocycles. The Labute approximate surface area is 339 Å². The third-order valence-electron chi connectivity index (χ3n) is 11.4. The SMILES string of the molecule is CC(C)CCCC(C)CCCC(C)CCCC(C)CC(=O)N(CCOP(=O)(O)OC[C@H](O)CO)C(=O)CC(C)CCCC(C)CCCC(C)CCCC(C)C. The Balaban J connectivity index is 4.94. The van der Waals surface area contributed by atoms with E-state index in [0.717, 1.165) is 62.2 Å². The molecule has 0 spiro atoms. The number of aliphatic hydroxyl groups is 2. The van der Waals surface area contributed by atoms with Crippen LogP contribution in [-0.2, 0) is 23.2 Å². The van der Waals surface area contributed by atoms with Crippen molar-refractivity contribution in [1.29, 1.82) is 0 Å². The predicted octanol–water partition coefficient (Wildman–Crippen LogP) is 11.8. The Morgan fingerprint density at radius 1 is 0.527 bits per heavy atom. The molecule has 55 heavy (non-hydrogen) atoms. The van der Waals surface area contributed by atoms with Gasteiger partial charge in [0.2, 0.25) is 11.8 Å². The van der Waals surface area contributed by atoms with Gasteiger partial charge in [0.05, 0.1) is 26.4 Å². The van der Waals surface area contributed by atoms with Gasteiger partial charge in [-0.05, 0) is 47.3 Å². The van der Waals surface area contributed by atoms with Crippen LogP contribution >= 0.6 is 7.82 Å². The number of amides is 2. The van der Waals surface area contributed by atoms with Gasteiger partial charge < -0.3 is 15.1 Å². The Morgan fingerprint density at radius 2 is 0.836 bits per heavy atom. The summed E-state index contributed by atoms with van der Waals surface area (Å²) in [5.41, 5.74) is 0. The minimum absolute atomic E-state index is 0.103. The van der Waals surface area contributed by atoms with Gasteiger partial charge in [-0.3, -0.25) is 23.5 Å². The van der Waals surface area contributed by atoms with Crippen LogP contribution in [0.1, 0.15) is 198 Å². The maximum Gasteiger partial charge on any atom is 0.472 e. The number of imide groups is 1. The molecule has 0 aromatic rings. The first-order valence-corrected chi connectivity index (χ1v) is 24.1. The van der Waals surface area contributed by atoms with Crippen molar-refractivity contribution < 1.29 is 38.3 Å². The quantitative estimate of drug-likeness (QED) is 0.0533. The van der Waals surface area contributed by atoms with Crippen LogP contribution in [0.15, 0.2) is 0 Å². The fourth-order valence-corrected chi connectivity index (χ4v) is 8.26. The summed E-state index contributed by atoms with van der Waals surface area (Å²) < 4.78 is 22.1. The zero-order valence-electron chi connectivity index (χ0n) is 37.4. The molecule has 0 aliphatic rings. The highest BCUT2D eigenvalue weighted by atomic mass is 31.2. The number of phosphoric acid groups is 1. The van der Waals surface area contributed by atoms with Gasteiger partial charge in [-0.25, -0.2) is 4.57 Å². The van der Waals surface area contributed by atoms with Gasteiger partial charge in [0.25, 0.3) is 0 Å². The molecular weight excluding hydrogens is 713 g/mol. The normalized spacial score (nSPS) is 17.1. The van der Waals surface area contributed by atoms with Crippen LogP contribution in [0.4, 0.5) is 0 Å². The molecule has 0 fully saturated rings. The third-order valence-corrected chi connectivity index (χ3v) is 12.4. The van der Waals surface area contributed by atoms with E-state index in [2.05, 4.69) is 69.2 Å². The molecule has 0 bridgehead atoms. The summed E-state index contributed by atoms with van der Waals surface area (Å²) in [4.78, 5) is 38.4. The molecule has 0 aromatic carbocycles. The fraction of sp³-hybridized carbons (Fsp3) is 0.956. The van der Waals surface area contributed by atoms with E-state index in [9.17, 15) is 24.2 Å². The van der Waals surface area contributed by atoms with Crippen molar-refractivity contribution in [2.75, 3.05) is 26.4 Å². The predicted molar refractivity (Wildman–Crippen MR) is 229 cm³/mol. The lowest BCUT2D eigenvalue weighted by Gasteiger charge is -2.25. The molecule has 328 valence electrons. The minimum Gasteiger partial charge on any atom is -0.394 e. The summed E-state index contributed by atoms with van der Waals surface area (Å²) in [6.45, 7) is 21.0. The van der Waals surface area contributed by atoms with E-state index >= 15 is 0 Å². The smallest absolute Gasteiger partial charge is 0.394 e. The molecule has 0 saturated carbocycles. The number of hydrogen-bond acceptors (Lipinski definition) is 7. The average Bonchev–Trinajstić information content (AvgIpc) is 3.08. The van der Waals surface area contributed by atoms with Gasteiger partial charge in [-0.15, -0.1) is 0 Å².